The number of rotatable bonds is 2. The molecule has 86 valence electrons. The van der Waals surface area contributed by atoms with Gasteiger partial charge in [-0.3, -0.25) is 4.79 Å². The van der Waals surface area contributed by atoms with Crippen molar-refractivity contribution in [1.29, 1.82) is 0 Å². The molecule has 2 rings (SSSR count). The fourth-order valence-corrected chi connectivity index (χ4v) is 1.79. The number of hydrogen-bond donors (Lipinski definition) is 0. The summed E-state index contributed by atoms with van der Waals surface area (Å²) < 4.78 is 18.1. The molecule has 0 spiro atoms. The number of carbonyl (C=O) groups is 1. The highest BCUT2D eigenvalue weighted by Gasteiger charge is 2.34. The van der Waals surface area contributed by atoms with Gasteiger partial charge in [0.15, 0.2) is 0 Å². The molecule has 2 heterocycles. The Balaban J connectivity index is 2.01. The number of anilines is 1. The van der Waals surface area contributed by atoms with E-state index in [-0.39, 0.29) is 11.9 Å². The SMILES string of the molecule is COC(=O)C1CN(c2ccc(Br)c(F)n2)C1. The summed E-state index contributed by atoms with van der Waals surface area (Å²) >= 11 is 3.03. The maximum atomic E-state index is 13.1. The first-order valence-electron chi connectivity index (χ1n) is 4.76. The third kappa shape index (κ3) is 2.02. The maximum Gasteiger partial charge on any atom is 0.312 e. The normalized spacial score (nSPS) is 15.8. The lowest BCUT2D eigenvalue weighted by molar-refractivity contribution is -0.146. The zero-order valence-corrected chi connectivity index (χ0v) is 10.2. The lowest BCUT2D eigenvalue weighted by atomic mass is 10.0. The van der Waals surface area contributed by atoms with Crippen LogP contribution in [0.25, 0.3) is 0 Å². The monoisotopic (exact) mass is 288 g/mol. The maximum absolute atomic E-state index is 13.1. The van der Waals surface area contributed by atoms with Crippen molar-refractivity contribution < 1.29 is 13.9 Å². The van der Waals surface area contributed by atoms with E-state index in [1.165, 1.54) is 7.11 Å². The summed E-state index contributed by atoms with van der Waals surface area (Å²) in [6.45, 7) is 1.06. The molecule has 1 saturated heterocycles. The lowest BCUT2D eigenvalue weighted by Crippen LogP contribution is -2.51. The average molecular weight is 289 g/mol. The van der Waals surface area contributed by atoms with Crippen molar-refractivity contribution in [3.63, 3.8) is 0 Å². The number of aromatic nitrogens is 1. The Labute approximate surface area is 101 Å². The molecule has 0 unspecified atom stereocenters. The predicted octanol–water partition coefficient (Wildman–Crippen LogP) is 1.59. The van der Waals surface area contributed by atoms with E-state index in [4.69, 9.17) is 0 Å². The third-order valence-corrected chi connectivity index (χ3v) is 3.12. The number of pyridine rings is 1. The number of halogens is 2. The summed E-state index contributed by atoms with van der Waals surface area (Å²) in [7, 11) is 1.36. The summed E-state index contributed by atoms with van der Waals surface area (Å²) in [6, 6.07) is 3.31. The zero-order valence-electron chi connectivity index (χ0n) is 8.61. The van der Waals surface area contributed by atoms with Gasteiger partial charge in [0, 0.05) is 13.1 Å². The smallest absolute Gasteiger partial charge is 0.312 e. The summed E-state index contributed by atoms with van der Waals surface area (Å²) in [5.41, 5.74) is 0. The van der Waals surface area contributed by atoms with Crippen LogP contribution in [0.5, 0.6) is 0 Å². The van der Waals surface area contributed by atoms with Crippen LogP contribution in [-0.2, 0) is 9.53 Å². The number of esters is 1. The minimum absolute atomic E-state index is 0.126. The summed E-state index contributed by atoms with van der Waals surface area (Å²) in [6.07, 6.45) is 0. The Bertz CT molecular complexity index is 421. The predicted molar refractivity (Wildman–Crippen MR) is 59.6 cm³/mol. The van der Waals surface area contributed by atoms with Gasteiger partial charge in [0.2, 0.25) is 5.95 Å². The molecule has 1 aliphatic heterocycles. The van der Waals surface area contributed by atoms with Crippen LogP contribution >= 0.6 is 15.9 Å². The number of nitrogens with zero attached hydrogens (tertiary/aromatic N) is 2. The molecule has 16 heavy (non-hydrogen) atoms. The Morgan fingerprint density at radius 3 is 2.88 bits per heavy atom. The van der Waals surface area contributed by atoms with Crippen molar-refractivity contribution >= 4 is 27.7 Å². The first-order chi connectivity index (χ1) is 7.61. The van der Waals surface area contributed by atoms with Gasteiger partial charge in [-0.1, -0.05) is 0 Å². The van der Waals surface area contributed by atoms with Crippen molar-refractivity contribution in [3.8, 4) is 0 Å². The van der Waals surface area contributed by atoms with Gasteiger partial charge in [-0.05, 0) is 28.1 Å². The second-order valence-electron chi connectivity index (χ2n) is 3.57. The van der Waals surface area contributed by atoms with E-state index < -0.39 is 5.95 Å². The molecule has 0 amide bonds. The van der Waals surface area contributed by atoms with E-state index in [1.807, 2.05) is 4.90 Å². The Morgan fingerprint density at radius 1 is 1.62 bits per heavy atom. The van der Waals surface area contributed by atoms with Crippen LogP contribution in [0, 0.1) is 11.9 Å². The summed E-state index contributed by atoms with van der Waals surface area (Å²) in [4.78, 5) is 16.7. The lowest BCUT2D eigenvalue weighted by Gasteiger charge is -2.38. The number of methoxy groups -OCH3 is 1. The van der Waals surface area contributed by atoms with Gasteiger partial charge in [0.1, 0.15) is 5.82 Å². The summed E-state index contributed by atoms with van der Waals surface area (Å²) in [5.74, 6) is -0.354. The fourth-order valence-electron chi connectivity index (χ4n) is 1.57. The van der Waals surface area contributed by atoms with Gasteiger partial charge in [-0.15, -0.1) is 0 Å². The zero-order chi connectivity index (χ0) is 11.7. The number of carbonyl (C=O) groups excluding carboxylic acids is 1. The van der Waals surface area contributed by atoms with E-state index in [2.05, 4.69) is 25.7 Å². The molecule has 4 nitrogen and oxygen atoms in total. The van der Waals surface area contributed by atoms with E-state index in [0.717, 1.165) is 0 Å². The molecule has 6 heteroatoms. The van der Waals surface area contributed by atoms with E-state index in [0.29, 0.717) is 23.4 Å². The van der Waals surface area contributed by atoms with Crippen molar-refractivity contribution in [1.82, 2.24) is 4.98 Å². The van der Waals surface area contributed by atoms with Gasteiger partial charge in [0.05, 0.1) is 17.5 Å². The quantitative estimate of drug-likeness (QED) is 0.612. The van der Waals surface area contributed by atoms with Crippen LogP contribution < -0.4 is 4.90 Å². The van der Waals surface area contributed by atoms with Crippen LogP contribution in [0.4, 0.5) is 10.2 Å². The highest BCUT2D eigenvalue weighted by Crippen LogP contribution is 2.25. The first kappa shape index (κ1) is 11.3. The Hall–Kier alpha value is -1.17. The molecule has 1 fully saturated rings. The molecular formula is C10H10BrFN2O2. The standard InChI is InChI=1S/C10H10BrFN2O2/c1-16-10(15)6-4-14(5-6)8-3-2-7(11)9(12)13-8/h2-3,6H,4-5H2,1H3. The van der Waals surface area contributed by atoms with Gasteiger partial charge < -0.3 is 9.64 Å². The molecule has 0 aliphatic carbocycles. The van der Waals surface area contributed by atoms with Crippen molar-refractivity contribution in [2.24, 2.45) is 5.92 Å². The van der Waals surface area contributed by atoms with Crippen molar-refractivity contribution in [3.05, 3.63) is 22.6 Å². The minimum atomic E-state index is -0.543. The van der Waals surface area contributed by atoms with Gasteiger partial charge in [-0.25, -0.2) is 4.98 Å². The van der Waals surface area contributed by atoms with E-state index in [1.54, 1.807) is 12.1 Å². The van der Waals surface area contributed by atoms with Crippen molar-refractivity contribution in [2.75, 3.05) is 25.1 Å². The Kier molecular flexibility index (Phi) is 3.09. The molecule has 0 saturated carbocycles. The van der Waals surface area contributed by atoms with Crippen LogP contribution in [-0.4, -0.2) is 31.2 Å². The van der Waals surface area contributed by atoms with Gasteiger partial charge in [0.25, 0.3) is 0 Å². The number of ether oxygens (including phenoxy) is 1. The van der Waals surface area contributed by atoms with Crippen molar-refractivity contribution in [2.45, 2.75) is 0 Å². The number of hydrogen-bond acceptors (Lipinski definition) is 4. The van der Waals surface area contributed by atoms with Gasteiger partial charge >= 0.3 is 5.97 Å². The van der Waals surface area contributed by atoms with Crippen LogP contribution in [0.15, 0.2) is 16.6 Å². The average Bonchev–Trinajstić information content (AvgIpc) is 2.21. The largest absolute Gasteiger partial charge is 0.469 e. The summed E-state index contributed by atoms with van der Waals surface area (Å²) in [5, 5.41) is 0. The Morgan fingerprint density at radius 2 is 2.31 bits per heavy atom. The molecule has 0 aromatic carbocycles. The third-order valence-electron chi connectivity index (χ3n) is 2.53. The highest BCUT2D eigenvalue weighted by atomic mass is 79.9. The van der Waals surface area contributed by atoms with E-state index >= 15 is 0 Å². The van der Waals surface area contributed by atoms with Crippen LogP contribution in [0.1, 0.15) is 0 Å². The second kappa shape index (κ2) is 4.37. The highest BCUT2D eigenvalue weighted by molar-refractivity contribution is 9.10. The van der Waals surface area contributed by atoms with Crippen LogP contribution in [0.3, 0.4) is 0 Å². The molecule has 1 aliphatic rings. The second-order valence-corrected chi connectivity index (χ2v) is 4.42. The molecular weight excluding hydrogens is 279 g/mol. The molecule has 1 aromatic heterocycles. The molecule has 0 atom stereocenters. The minimum Gasteiger partial charge on any atom is -0.469 e. The molecule has 0 N–H and O–H groups in total. The fraction of sp³-hybridized carbons (Fsp3) is 0.400. The topological polar surface area (TPSA) is 42.4 Å². The van der Waals surface area contributed by atoms with Gasteiger partial charge in [-0.2, -0.15) is 4.39 Å². The first-order valence-corrected chi connectivity index (χ1v) is 5.56. The van der Waals surface area contributed by atoms with Crippen LogP contribution in [0.2, 0.25) is 0 Å². The molecule has 1 aromatic rings. The molecule has 0 radical (unpaired) electrons. The molecule has 0 bridgehead atoms. The van der Waals surface area contributed by atoms with E-state index in [9.17, 15) is 9.18 Å².